The van der Waals surface area contributed by atoms with Crippen molar-refractivity contribution in [2.75, 3.05) is 11.5 Å². The molecule has 0 spiro atoms. The smallest absolute Gasteiger partial charge is 0.208 e. The molecule has 2 N–H and O–H groups in total. The molecule has 18 heavy (non-hydrogen) atoms. The van der Waals surface area contributed by atoms with E-state index in [1.165, 1.54) is 0 Å². The van der Waals surface area contributed by atoms with Crippen LogP contribution in [-0.4, -0.2) is 41.9 Å². The van der Waals surface area contributed by atoms with Crippen LogP contribution in [0.15, 0.2) is 10.3 Å². The Kier molecular flexibility index (Phi) is 5.06. The summed E-state index contributed by atoms with van der Waals surface area (Å²) >= 11 is 3.38. The van der Waals surface area contributed by atoms with E-state index >= 15 is 0 Å². The van der Waals surface area contributed by atoms with Gasteiger partial charge < -0.3 is 0 Å². The lowest BCUT2D eigenvalue weighted by Crippen LogP contribution is -1.86. The Morgan fingerprint density at radius 2 is 1.28 bits per heavy atom. The van der Waals surface area contributed by atoms with Crippen LogP contribution in [0.5, 0.6) is 0 Å². The zero-order valence-corrected chi connectivity index (χ0v) is 12.1. The van der Waals surface area contributed by atoms with Gasteiger partial charge in [0.2, 0.25) is 10.3 Å². The summed E-state index contributed by atoms with van der Waals surface area (Å²) in [6, 6.07) is 0. The zero-order chi connectivity index (χ0) is 12.8. The lowest BCUT2D eigenvalue weighted by molar-refractivity contribution is 0.892. The van der Waals surface area contributed by atoms with Crippen molar-refractivity contribution in [3.8, 4) is 0 Å². The third-order valence-electron chi connectivity index (χ3n) is 2.15. The molecule has 0 aliphatic rings. The first-order valence-corrected chi connectivity index (χ1v) is 7.75. The molecule has 0 atom stereocenters. The van der Waals surface area contributed by atoms with Crippen molar-refractivity contribution in [2.45, 2.75) is 37.0 Å². The fraction of sp³-hybridized carbons (Fsp3) is 0.600. The molecule has 0 aliphatic heterocycles. The molecule has 6 nitrogen and oxygen atoms in total. The number of aromatic amines is 2. The van der Waals surface area contributed by atoms with Gasteiger partial charge in [-0.1, -0.05) is 23.5 Å². The highest BCUT2D eigenvalue weighted by Gasteiger charge is 2.02. The monoisotopic (exact) mass is 284 g/mol. The summed E-state index contributed by atoms with van der Waals surface area (Å²) in [5, 5.41) is 15.5. The van der Waals surface area contributed by atoms with Crippen molar-refractivity contribution in [1.29, 1.82) is 0 Å². The second-order valence-corrected chi connectivity index (χ2v) is 5.93. The van der Waals surface area contributed by atoms with Crippen molar-refractivity contribution >= 4 is 23.5 Å². The minimum absolute atomic E-state index is 0.838. The first-order valence-electron chi connectivity index (χ1n) is 5.77. The van der Waals surface area contributed by atoms with Crippen molar-refractivity contribution in [3.63, 3.8) is 0 Å². The van der Waals surface area contributed by atoms with Crippen LogP contribution in [-0.2, 0) is 0 Å². The minimum Gasteiger partial charge on any atom is -0.262 e. The van der Waals surface area contributed by atoms with Crippen LogP contribution in [0.3, 0.4) is 0 Å². The first-order chi connectivity index (χ1) is 8.74. The highest BCUT2D eigenvalue weighted by Crippen LogP contribution is 2.17. The summed E-state index contributed by atoms with van der Waals surface area (Å²) in [5.74, 6) is 3.83. The Labute approximate surface area is 114 Å². The van der Waals surface area contributed by atoms with Crippen LogP contribution in [0.2, 0.25) is 0 Å². The number of thioether (sulfide) groups is 2. The topological polar surface area (TPSA) is 83.1 Å². The van der Waals surface area contributed by atoms with Gasteiger partial charge in [-0.05, 0) is 26.7 Å². The number of nitrogens with one attached hydrogen (secondary N) is 2. The molecular formula is C10H16N6S2. The number of nitrogens with zero attached hydrogens (tertiary/aromatic N) is 4. The molecule has 0 aromatic carbocycles. The Morgan fingerprint density at radius 3 is 1.61 bits per heavy atom. The van der Waals surface area contributed by atoms with Gasteiger partial charge in [-0.2, -0.15) is 0 Å². The normalized spacial score (nSPS) is 11.0. The van der Waals surface area contributed by atoms with Gasteiger partial charge >= 0.3 is 0 Å². The van der Waals surface area contributed by atoms with Crippen molar-refractivity contribution in [3.05, 3.63) is 11.6 Å². The van der Waals surface area contributed by atoms with Gasteiger partial charge in [0.25, 0.3) is 0 Å². The average molecular weight is 284 g/mol. The molecule has 0 amide bonds. The maximum absolute atomic E-state index is 4.25. The molecule has 2 rings (SSSR count). The molecule has 0 fully saturated rings. The van der Waals surface area contributed by atoms with Crippen LogP contribution in [0.1, 0.15) is 24.5 Å². The molecule has 98 valence electrons. The van der Waals surface area contributed by atoms with Crippen LogP contribution in [0, 0.1) is 13.8 Å². The molecule has 2 aromatic rings. The molecule has 0 radical (unpaired) electrons. The molecule has 0 saturated carbocycles. The Morgan fingerprint density at radius 1 is 0.833 bits per heavy atom. The maximum Gasteiger partial charge on any atom is 0.208 e. The van der Waals surface area contributed by atoms with E-state index in [1.54, 1.807) is 23.5 Å². The summed E-state index contributed by atoms with van der Waals surface area (Å²) in [7, 11) is 0. The SMILES string of the molecule is Cc1nc(SCCCCSc2n[nH]c(C)n2)n[nH]1. The predicted molar refractivity (Wildman–Crippen MR) is 72.9 cm³/mol. The van der Waals surface area contributed by atoms with E-state index in [1.807, 2.05) is 13.8 Å². The van der Waals surface area contributed by atoms with Gasteiger partial charge in [-0.15, -0.1) is 10.2 Å². The molecule has 2 aromatic heterocycles. The van der Waals surface area contributed by atoms with Crippen LogP contribution in [0.25, 0.3) is 0 Å². The zero-order valence-electron chi connectivity index (χ0n) is 10.4. The molecule has 8 heteroatoms. The largest absolute Gasteiger partial charge is 0.262 e. The number of H-pyrrole nitrogens is 2. The molecule has 0 bridgehead atoms. The van der Waals surface area contributed by atoms with Gasteiger partial charge in [0, 0.05) is 11.5 Å². The number of hydrogen-bond acceptors (Lipinski definition) is 6. The number of rotatable bonds is 7. The van der Waals surface area contributed by atoms with E-state index in [0.29, 0.717) is 0 Å². The second-order valence-electron chi connectivity index (χ2n) is 3.81. The lowest BCUT2D eigenvalue weighted by Gasteiger charge is -1.97. The molecule has 0 unspecified atom stereocenters. The minimum atomic E-state index is 0.838. The summed E-state index contributed by atoms with van der Waals surface area (Å²) in [6.45, 7) is 3.82. The molecule has 2 heterocycles. The molecule has 0 aliphatic carbocycles. The third-order valence-corrected chi connectivity index (χ3v) is 4.02. The first kappa shape index (κ1) is 13.4. The number of hydrogen-bond donors (Lipinski definition) is 2. The van der Waals surface area contributed by atoms with E-state index in [0.717, 1.165) is 46.3 Å². The van der Waals surface area contributed by atoms with Gasteiger partial charge in [0.15, 0.2) is 0 Å². The van der Waals surface area contributed by atoms with Crippen LogP contribution in [0.4, 0.5) is 0 Å². The van der Waals surface area contributed by atoms with Crippen LogP contribution >= 0.6 is 23.5 Å². The highest BCUT2D eigenvalue weighted by atomic mass is 32.2. The lowest BCUT2D eigenvalue weighted by atomic mass is 10.4. The molecular weight excluding hydrogens is 268 g/mol. The Bertz CT molecular complexity index is 436. The van der Waals surface area contributed by atoms with E-state index in [2.05, 4.69) is 30.4 Å². The van der Waals surface area contributed by atoms with E-state index in [-0.39, 0.29) is 0 Å². The van der Waals surface area contributed by atoms with E-state index in [4.69, 9.17) is 0 Å². The van der Waals surface area contributed by atoms with E-state index in [9.17, 15) is 0 Å². The summed E-state index contributed by atoms with van der Waals surface area (Å²) in [6.07, 6.45) is 2.29. The van der Waals surface area contributed by atoms with Crippen molar-refractivity contribution in [2.24, 2.45) is 0 Å². The predicted octanol–water partition coefficient (Wildman–Crippen LogP) is 2.20. The summed E-state index contributed by atoms with van der Waals surface area (Å²) < 4.78 is 0. The standard InChI is InChI=1S/C10H16N6S2/c1-7-11-9(15-13-7)17-5-3-4-6-18-10-12-8(2)14-16-10/h3-6H2,1-2H3,(H,11,13,15)(H,12,14,16). The number of unbranched alkanes of at least 4 members (excludes halogenated alkanes) is 1. The fourth-order valence-electron chi connectivity index (χ4n) is 1.30. The Balaban J connectivity index is 1.54. The maximum atomic E-state index is 4.25. The highest BCUT2D eigenvalue weighted by molar-refractivity contribution is 7.99. The van der Waals surface area contributed by atoms with Crippen molar-refractivity contribution < 1.29 is 0 Å². The molecule has 0 saturated heterocycles. The van der Waals surface area contributed by atoms with Gasteiger partial charge in [0.05, 0.1) is 0 Å². The number of aromatic nitrogens is 6. The van der Waals surface area contributed by atoms with Crippen LogP contribution < -0.4 is 0 Å². The fourth-order valence-corrected chi connectivity index (χ4v) is 2.99. The van der Waals surface area contributed by atoms with E-state index < -0.39 is 0 Å². The summed E-state index contributed by atoms with van der Waals surface area (Å²) in [5.41, 5.74) is 0. The number of aryl methyl sites for hydroxylation is 2. The second kappa shape index (κ2) is 6.79. The van der Waals surface area contributed by atoms with Crippen molar-refractivity contribution in [1.82, 2.24) is 30.4 Å². The van der Waals surface area contributed by atoms with Gasteiger partial charge in [-0.25, -0.2) is 9.97 Å². The van der Waals surface area contributed by atoms with Gasteiger partial charge in [0.1, 0.15) is 11.6 Å². The third kappa shape index (κ3) is 4.34. The Hall–Kier alpha value is -1.02. The average Bonchev–Trinajstić information content (AvgIpc) is 2.93. The summed E-state index contributed by atoms with van der Waals surface area (Å²) in [4.78, 5) is 8.49. The van der Waals surface area contributed by atoms with Gasteiger partial charge in [-0.3, -0.25) is 10.2 Å². The quantitative estimate of drug-likeness (QED) is 0.599.